The van der Waals surface area contributed by atoms with Crippen molar-refractivity contribution in [3.8, 4) is 22.6 Å². The van der Waals surface area contributed by atoms with Gasteiger partial charge < -0.3 is 19.9 Å². The van der Waals surface area contributed by atoms with Gasteiger partial charge in [-0.05, 0) is 60.7 Å². The second-order valence-corrected chi connectivity index (χ2v) is 11.8. The molecule has 2 atom stereocenters. The van der Waals surface area contributed by atoms with Crippen LogP contribution in [0.25, 0.3) is 11.1 Å². The number of nitrogens with two attached hydrogens (primary N) is 1. The second-order valence-electron chi connectivity index (χ2n) is 9.08. The van der Waals surface area contributed by atoms with Gasteiger partial charge in [0.25, 0.3) is 0 Å². The lowest BCUT2D eigenvalue weighted by molar-refractivity contribution is -0.136. The Hall–Kier alpha value is -3.15. The Kier molecular flexibility index (Phi) is 9.70. The Bertz CT molecular complexity index is 1460. The van der Waals surface area contributed by atoms with Gasteiger partial charge in [-0.1, -0.05) is 53.5 Å². The molecule has 0 amide bonds. The van der Waals surface area contributed by atoms with Crippen molar-refractivity contribution in [1.82, 2.24) is 4.31 Å². The van der Waals surface area contributed by atoms with Gasteiger partial charge in [-0.2, -0.15) is 4.31 Å². The number of ether oxygens (including phenoxy) is 3. The zero-order valence-corrected chi connectivity index (χ0v) is 24.2. The van der Waals surface area contributed by atoms with Crippen molar-refractivity contribution >= 4 is 45.6 Å². The van der Waals surface area contributed by atoms with Gasteiger partial charge in [0.1, 0.15) is 23.7 Å². The van der Waals surface area contributed by atoms with E-state index in [1.807, 2.05) is 42.5 Å². The van der Waals surface area contributed by atoms with E-state index >= 15 is 0 Å². The van der Waals surface area contributed by atoms with Crippen LogP contribution in [0.1, 0.15) is 18.4 Å². The molecule has 0 saturated carbocycles. The minimum Gasteiger partial charge on any atom is -0.496 e. The predicted octanol–water partition coefficient (Wildman–Crippen LogP) is 4.93. The van der Waals surface area contributed by atoms with Crippen LogP contribution in [0.4, 0.5) is 0 Å². The smallest absolute Gasteiger partial charge is 0.329 e. The van der Waals surface area contributed by atoms with Crippen molar-refractivity contribution in [2.45, 2.75) is 36.4 Å². The summed E-state index contributed by atoms with van der Waals surface area (Å²) in [6.07, 6.45) is 1.53. The lowest BCUT2D eigenvalue weighted by Crippen LogP contribution is -2.36. The molecule has 0 spiro atoms. The van der Waals surface area contributed by atoms with Crippen LogP contribution < -0.4 is 15.2 Å². The lowest BCUT2D eigenvalue weighted by atomic mass is 9.99. The Morgan fingerprint density at radius 3 is 2.30 bits per heavy atom. The summed E-state index contributed by atoms with van der Waals surface area (Å²) in [5.74, 6) is 0.668. The molecule has 0 bridgehead atoms. The average molecular weight is 607 g/mol. The number of aliphatic imine (C=N–C) groups is 1. The molecule has 2 N–H and O–H groups in total. The summed E-state index contributed by atoms with van der Waals surface area (Å²) in [5, 5.41) is 0.421. The molecule has 0 radical (unpaired) electrons. The molecule has 40 heavy (non-hydrogen) atoms. The largest absolute Gasteiger partial charge is 0.496 e. The summed E-state index contributed by atoms with van der Waals surface area (Å²) >= 11 is 12.0. The number of hydrogen-bond acceptors (Lipinski definition) is 8. The molecular weight excluding hydrogens is 577 g/mol. The number of hydrogen-bond donors (Lipinski definition) is 1. The van der Waals surface area contributed by atoms with Crippen LogP contribution in [0.5, 0.6) is 11.5 Å². The van der Waals surface area contributed by atoms with Crippen LogP contribution in [0.2, 0.25) is 10.0 Å². The Morgan fingerprint density at radius 1 is 1.07 bits per heavy atom. The first-order valence-electron chi connectivity index (χ1n) is 12.4. The standard InChI is InChI=1S/C28H29Cl2N3O6S/c1-37-24-5-3-6-25(38-2)27(24)19-10-8-18(9-11-19)13-23(31)28(34)39-17-32-26-7-4-12-33(26)40(35,36)22-15-20(29)14-21(30)16-22/h3,5-6,8-11,14-17,23,26H,4,7,12-13,31H2,1-2H3/t23-,26?/m0/s1. The number of carbonyl (C=O) groups excluding carboxylic acids is 1. The van der Waals surface area contributed by atoms with E-state index in [9.17, 15) is 13.2 Å². The van der Waals surface area contributed by atoms with Gasteiger partial charge in [0.2, 0.25) is 10.0 Å². The SMILES string of the molecule is COc1cccc(OC)c1-c1ccc(C[C@H](N)C(=O)OC=NC2CCCN2S(=O)(=O)c2cc(Cl)cc(Cl)c2)cc1. The maximum absolute atomic E-state index is 13.1. The fraction of sp³-hybridized carbons (Fsp3) is 0.286. The number of benzene rings is 3. The molecule has 4 rings (SSSR count). The van der Waals surface area contributed by atoms with Crippen molar-refractivity contribution < 1.29 is 27.4 Å². The minimum atomic E-state index is -3.90. The number of nitrogens with zero attached hydrogens (tertiary/aromatic N) is 2. The zero-order valence-electron chi connectivity index (χ0n) is 21.9. The Balaban J connectivity index is 1.37. The molecule has 3 aromatic rings. The first kappa shape index (κ1) is 29.8. The predicted molar refractivity (Wildman–Crippen MR) is 155 cm³/mol. The third kappa shape index (κ3) is 6.76. The zero-order chi connectivity index (χ0) is 28.9. The van der Waals surface area contributed by atoms with Gasteiger partial charge in [-0.25, -0.2) is 18.2 Å². The van der Waals surface area contributed by atoms with E-state index in [4.69, 9.17) is 43.1 Å². The molecular formula is C28H29Cl2N3O6S. The fourth-order valence-corrected chi connectivity index (χ4v) is 6.81. The molecule has 1 saturated heterocycles. The fourth-order valence-electron chi connectivity index (χ4n) is 4.49. The van der Waals surface area contributed by atoms with Crippen LogP contribution in [0, 0.1) is 0 Å². The van der Waals surface area contributed by atoms with E-state index in [2.05, 4.69) is 4.99 Å². The number of sulfonamides is 1. The van der Waals surface area contributed by atoms with Crippen molar-refractivity contribution in [2.24, 2.45) is 10.7 Å². The first-order valence-corrected chi connectivity index (χ1v) is 14.6. The van der Waals surface area contributed by atoms with E-state index in [0.717, 1.165) is 23.1 Å². The van der Waals surface area contributed by atoms with Gasteiger partial charge in [-0.3, -0.25) is 0 Å². The molecule has 12 heteroatoms. The van der Waals surface area contributed by atoms with Gasteiger partial charge in [0.15, 0.2) is 6.40 Å². The maximum atomic E-state index is 13.1. The molecule has 1 fully saturated rings. The van der Waals surface area contributed by atoms with Gasteiger partial charge in [-0.15, -0.1) is 0 Å². The number of carbonyl (C=O) groups is 1. The Morgan fingerprint density at radius 2 is 1.70 bits per heavy atom. The third-order valence-electron chi connectivity index (χ3n) is 6.45. The van der Waals surface area contributed by atoms with Crippen LogP contribution in [0.3, 0.4) is 0 Å². The first-order chi connectivity index (χ1) is 19.1. The highest BCUT2D eigenvalue weighted by Gasteiger charge is 2.35. The van der Waals surface area contributed by atoms with Gasteiger partial charge in [0.05, 0.1) is 24.7 Å². The second kappa shape index (κ2) is 13.0. The molecule has 212 valence electrons. The molecule has 1 unspecified atom stereocenters. The number of methoxy groups -OCH3 is 2. The van der Waals surface area contributed by atoms with E-state index in [1.165, 1.54) is 22.5 Å². The molecule has 0 aromatic heterocycles. The van der Waals surface area contributed by atoms with E-state index in [1.54, 1.807) is 14.2 Å². The highest BCUT2D eigenvalue weighted by molar-refractivity contribution is 7.89. The molecule has 9 nitrogen and oxygen atoms in total. The highest BCUT2D eigenvalue weighted by atomic mass is 35.5. The normalized spacial score (nSPS) is 16.7. The molecule has 1 heterocycles. The van der Waals surface area contributed by atoms with E-state index < -0.39 is 28.2 Å². The number of rotatable bonds is 10. The quantitative estimate of drug-likeness (QED) is 0.197. The summed E-state index contributed by atoms with van der Waals surface area (Å²) in [7, 11) is -0.711. The van der Waals surface area contributed by atoms with Crippen molar-refractivity contribution in [3.63, 3.8) is 0 Å². The van der Waals surface area contributed by atoms with Crippen LogP contribution in [-0.2, 0) is 26.0 Å². The minimum absolute atomic E-state index is 0.0266. The van der Waals surface area contributed by atoms with Gasteiger partial charge >= 0.3 is 5.97 Å². The summed E-state index contributed by atoms with van der Waals surface area (Å²) in [4.78, 5) is 16.7. The summed E-state index contributed by atoms with van der Waals surface area (Å²) in [6.45, 7) is 0.263. The van der Waals surface area contributed by atoms with E-state index in [-0.39, 0.29) is 27.9 Å². The molecule has 3 aromatic carbocycles. The van der Waals surface area contributed by atoms with Crippen molar-refractivity contribution in [3.05, 3.63) is 76.3 Å². The highest BCUT2D eigenvalue weighted by Crippen LogP contribution is 2.38. The third-order valence-corrected chi connectivity index (χ3v) is 8.76. The summed E-state index contributed by atoms with van der Waals surface area (Å²) in [5.41, 5.74) is 8.61. The maximum Gasteiger partial charge on any atom is 0.329 e. The number of halogens is 2. The van der Waals surface area contributed by atoms with Crippen molar-refractivity contribution in [2.75, 3.05) is 20.8 Å². The monoisotopic (exact) mass is 605 g/mol. The average Bonchev–Trinajstić information content (AvgIpc) is 3.42. The van der Waals surface area contributed by atoms with Crippen LogP contribution >= 0.6 is 23.2 Å². The van der Waals surface area contributed by atoms with E-state index in [0.29, 0.717) is 24.3 Å². The molecule has 1 aliphatic rings. The number of esters is 1. The van der Waals surface area contributed by atoms with Gasteiger partial charge in [0, 0.05) is 16.6 Å². The molecule has 0 aliphatic carbocycles. The summed E-state index contributed by atoms with van der Waals surface area (Å²) in [6, 6.07) is 16.3. The van der Waals surface area contributed by atoms with Crippen LogP contribution in [0.15, 0.2) is 70.6 Å². The topological polar surface area (TPSA) is 121 Å². The van der Waals surface area contributed by atoms with Crippen molar-refractivity contribution in [1.29, 1.82) is 0 Å². The molecule has 1 aliphatic heterocycles. The lowest BCUT2D eigenvalue weighted by Gasteiger charge is -2.21. The van der Waals surface area contributed by atoms with Crippen LogP contribution in [-0.4, -0.2) is 58.1 Å². The Labute approximate surface area is 243 Å². The summed E-state index contributed by atoms with van der Waals surface area (Å²) < 4.78 is 43.6.